The highest BCUT2D eigenvalue weighted by Gasteiger charge is 2.20. The second-order valence-corrected chi connectivity index (χ2v) is 5.61. The molecule has 1 aromatic heterocycles. The molecule has 0 amide bonds. The average Bonchev–Trinajstić information content (AvgIpc) is 2.86. The Morgan fingerprint density at radius 1 is 1.18 bits per heavy atom. The van der Waals surface area contributed by atoms with E-state index in [1.54, 1.807) is 4.88 Å². The van der Waals surface area contributed by atoms with Crippen LogP contribution in [0.15, 0.2) is 41.8 Å². The van der Waals surface area contributed by atoms with Crippen LogP contribution in [0, 0.1) is 0 Å². The summed E-state index contributed by atoms with van der Waals surface area (Å²) in [7, 11) is 0. The Morgan fingerprint density at radius 2 is 2.06 bits per heavy atom. The second kappa shape index (κ2) is 5.03. The Balaban J connectivity index is 1.68. The van der Waals surface area contributed by atoms with E-state index in [4.69, 9.17) is 0 Å². The zero-order valence-electron chi connectivity index (χ0n) is 9.86. The van der Waals surface area contributed by atoms with Gasteiger partial charge in [-0.3, -0.25) is 0 Å². The van der Waals surface area contributed by atoms with Crippen molar-refractivity contribution in [3.63, 3.8) is 0 Å². The molecule has 2 aromatic rings. The molecule has 1 atom stereocenters. The van der Waals surface area contributed by atoms with Crippen molar-refractivity contribution < 1.29 is 0 Å². The maximum atomic E-state index is 3.69. The number of aryl methyl sites for hydroxylation is 1. The Morgan fingerprint density at radius 3 is 2.94 bits per heavy atom. The van der Waals surface area contributed by atoms with Crippen molar-refractivity contribution in [3.8, 4) is 0 Å². The summed E-state index contributed by atoms with van der Waals surface area (Å²) in [6.07, 6.45) is 3.87. The van der Waals surface area contributed by atoms with E-state index in [1.807, 2.05) is 11.3 Å². The van der Waals surface area contributed by atoms with Crippen LogP contribution in [0.2, 0.25) is 0 Å². The monoisotopic (exact) mass is 243 g/mol. The lowest BCUT2D eigenvalue weighted by atomic mass is 9.94. The Labute approximate surface area is 106 Å². The van der Waals surface area contributed by atoms with Crippen LogP contribution in [0.4, 0.5) is 0 Å². The third-order valence-corrected chi connectivity index (χ3v) is 4.44. The molecule has 1 aromatic carbocycles. The van der Waals surface area contributed by atoms with Gasteiger partial charge in [0.1, 0.15) is 0 Å². The van der Waals surface area contributed by atoms with Crippen molar-refractivity contribution in [1.29, 1.82) is 0 Å². The first-order valence-electron chi connectivity index (χ1n) is 6.27. The van der Waals surface area contributed by atoms with Gasteiger partial charge < -0.3 is 5.32 Å². The molecular weight excluding hydrogens is 226 g/mol. The third kappa shape index (κ3) is 2.43. The van der Waals surface area contributed by atoms with E-state index < -0.39 is 0 Å². The van der Waals surface area contributed by atoms with Crippen LogP contribution in [0.3, 0.4) is 0 Å². The van der Waals surface area contributed by atoms with Crippen LogP contribution in [-0.4, -0.2) is 0 Å². The maximum Gasteiger partial charge on any atom is 0.0334 e. The minimum Gasteiger partial charge on any atom is -0.306 e. The molecule has 1 N–H and O–H groups in total. The van der Waals surface area contributed by atoms with Gasteiger partial charge in [-0.25, -0.2) is 0 Å². The van der Waals surface area contributed by atoms with Gasteiger partial charge in [-0.15, -0.1) is 11.3 Å². The van der Waals surface area contributed by atoms with E-state index in [0.717, 1.165) is 6.54 Å². The van der Waals surface area contributed by atoms with Crippen molar-refractivity contribution >= 4 is 11.3 Å². The molecule has 1 unspecified atom stereocenters. The Bertz CT molecular complexity index is 475. The smallest absolute Gasteiger partial charge is 0.0334 e. The van der Waals surface area contributed by atoms with Gasteiger partial charge in [0, 0.05) is 17.5 Å². The first-order chi connectivity index (χ1) is 8.43. The van der Waals surface area contributed by atoms with E-state index in [2.05, 4.69) is 47.1 Å². The van der Waals surface area contributed by atoms with E-state index in [9.17, 15) is 0 Å². The number of nitrogens with one attached hydrogen (secondary N) is 1. The zero-order valence-corrected chi connectivity index (χ0v) is 10.7. The largest absolute Gasteiger partial charge is 0.306 e. The number of hydrogen-bond acceptors (Lipinski definition) is 2. The molecule has 1 nitrogen and oxygen atoms in total. The molecule has 1 aliphatic carbocycles. The predicted octanol–water partition coefficient (Wildman–Crippen LogP) is 3.92. The van der Waals surface area contributed by atoms with Gasteiger partial charge in [-0.2, -0.15) is 0 Å². The van der Waals surface area contributed by atoms with Crippen molar-refractivity contribution in [2.45, 2.75) is 31.8 Å². The number of fused-ring (bicyclic) bond motifs is 1. The van der Waals surface area contributed by atoms with Gasteiger partial charge in [0.2, 0.25) is 0 Å². The van der Waals surface area contributed by atoms with Gasteiger partial charge in [0.15, 0.2) is 0 Å². The fourth-order valence-corrected chi connectivity index (χ4v) is 3.52. The molecule has 0 aliphatic heterocycles. The molecule has 0 saturated heterocycles. The lowest BCUT2D eigenvalue weighted by molar-refractivity contribution is 0.463. The van der Waals surface area contributed by atoms with E-state index in [1.165, 1.54) is 30.4 Å². The normalized spacial score (nSPS) is 18.9. The summed E-state index contributed by atoms with van der Waals surface area (Å²) >= 11 is 1.91. The lowest BCUT2D eigenvalue weighted by Crippen LogP contribution is -2.23. The summed E-state index contributed by atoms with van der Waals surface area (Å²) in [5.74, 6) is 0. The predicted molar refractivity (Wildman–Crippen MR) is 73.3 cm³/mol. The second-order valence-electron chi connectivity index (χ2n) is 4.61. The number of rotatable bonds is 3. The van der Waals surface area contributed by atoms with Crippen LogP contribution >= 0.6 is 11.3 Å². The van der Waals surface area contributed by atoms with E-state index in [0.29, 0.717) is 6.04 Å². The first-order valence-corrected chi connectivity index (χ1v) is 7.15. The van der Waals surface area contributed by atoms with Gasteiger partial charge >= 0.3 is 0 Å². The summed E-state index contributed by atoms with van der Waals surface area (Å²) in [5, 5.41) is 5.92. The molecule has 88 valence electrons. The van der Waals surface area contributed by atoms with Crippen LogP contribution in [0.1, 0.15) is 34.9 Å². The maximum absolute atomic E-state index is 3.69. The molecule has 17 heavy (non-hydrogen) atoms. The Kier molecular flexibility index (Phi) is 3.25. The fraction of sp³-hybridized carbons (Fsp3) is 0.333. The van der Waals surface area contributed by atoms with Crippen molar-refractivity contribution in [2.24, 2.45) is 0 Å². The standard InChI is InChI=1S/C15H17NS/c1-2-5-12(6-3-1)11-16-14-7-4-8-15-13(14)9-10-17-15/h1-3,5-6,9-10,14,16H,4,7-8,11H2. The van der Waals surface area contributed by atoms with Crippen LogP contribution < -0.4 is 5.32 Å². The summed E-state index contributed by atoms with van der Waals surface area (Å²) in [6.45, 7) is 0.973. The van der Waals surface area contributed by atoms with E-state index >= 15 is 0 Å². The highest BCUT2D eigenvalue weighted by molar-refractivity contribution is 7.10. The van der Waals surface area contributed by atoms with Gasteiger partial charge in [0.05, 0.1) is 0 Å². The summed E-state index contributed by atoms with van der Waals surface area (Å²) in [6, 6.07) is 13.5. The number of thiophene rings is 1. The molecule has 2 heteroatoms. The minimum atomic E-state index is 0.560. The van der Waals surface area contributed by atoms with Crippen LogP contribution in [-0.2, 0) is 13.0 Å². The fourth-order valence-electron chi connectivity index (χ4n) is 2.54. The van der Waals surface area contributed by atoms with Crippen molar-refractivity contribution in [1.82, 2.24) is 5.32 Å². The summed E-state index contributed by atoms with van der Waals surface area (Å²) in [5.41, 5.74) is 2.91. The first kappa shape index (κ1) is 11.0. The van der Waals surface area contributed by atoms with Crippen molar-refractivity contribution in [3.05, 3.63) is 57.8 Å². The topological polar surface area (TPSA) is 12.0 Å². The molecule has 0 bridgehead atoms. The number of benzene rings is 1. The molecule has 0 spiro atoms. The van der Waals surface area contributed by atoms with Gasteiger partial charge in [-0.05, 0) is 41.8 Å². The van der Waals surface area contributed by atoms with E-state index in [-0.39, 0.29) is 0 Å². The molecular formula is C15H17NS. The molecule has 0 saturated carbocycles. The van der Waals surface area contributed by atoms with Gasteiger partial charge in [-0.1, -0.05) is 30.3 Å². The van der Waals surface area contributed by atoms with Gasteiger partial charge in [0.25, 0.3) is 0 Å². The quantitative estimate of drug-likeness (QED) is 0.861. The molecule has 1 aliphatic rings. The average molecular weight is 243 g/mol. The number of hydrogen-bond donors (Lipinski definition) is 1. The van der Waals surface area contributed by atoms with Crippen LogP contribution in [0.5, 0.6) is 0 Å². The summed E-state index contributed by atoms with van der Waals surface area (Å²) in [4.78, 5) is 1.59. The Hall–Kier alpha value is -1.12. The summed E-state index contributed by atoms with van der Waals surface area (Å²) < 4.78 is 0. The van der Waals surface area contributed by atoms with Crippen molar-refractivity contribution in [2.75, 3.05) is 0 Å². The third-order valence-electron chi connectivity index (χ3n) is 3.45. The highest BCUT2D eigenvalue weighted by Crippen LogP contribution is 2.33. The van der Waals surface area contributed by atoms with Crippen LogP contribution in [0.25, 0.3) is 0 Å². The molecule has 0 radical (unpaired) electrons. The minimum absolute atomic E-state index is 0.560. The SMILES string of the molecule is c1ccc(CNC2CCCc3sccc32)cc1. The lowest BCUT2D eigenvalue weighted by Gasteiger charge is -2.23. The highest BCUT2D eigenvalue weighted by atomic mass is 32.1. The molecule has 0 fully saturated rings. The molecule has 1 heterocycles. The zero-order chi connectivity index (χ0) is 11.5. The molecule has 3 rings (SSSR count).